The maximum absolute atomic E-state index is 12.0. The Bertz CT molecular complexity index is 769. The maximum atomic E-state index is 12.0. The molecule has 1 aromatic heterocycles. The van der Waals surface area contributed by atoms with Crippen LogP contribution in [-0.4, -0.2) is 46.7 Å². The number of carbonyl (C=O) groups is 2. The van der Waals surface area contributed by atoms with Gasteiger partial charge in [-0.15, -0.1) is 10.2 Å². The van der Waals surface area contributed by atoms with Gasteiger partial charge in [0, 0.05) is 18.5 Å². The second kappa shape index (κ2) is 7.82. The molecule has 1 aliphatic rings. The standard InChI is InChI=1S/C18H23N5O2S/c1-18(2,13-8-4-3-5-9-13)15-21-22-17(26-15)20-16(25)19-12-14(24)23-10-6-7-11-23/h3-5,8-9H,6-7,10-12H2,1-2H3,(H2,19,20,22,25). The summed E-state index contributed by atoms with van der Waals surface area (Å²) in [7, 11) is 0. The van der Waals surface area contributed by atoms with Crippen molar-refractivity contribution >= 4 is 28.4 Å². The van der Waals surface area contributed by atoms with Crippen molar-refractivity contribution in [3.05, 3.63) is 40.9 Å². The molecule has 2 N–H and O–H groups in total. The number of aromatic nitrogens is 2. The van der Waals surface area contributed by atoms with Gasteiger partial charge in [-0.3, -0.25) is 10.1 Å². The zero-order valence-electron chi connectivity index (χ0n) is 15.0. The molecule has 1 fully saturated rings. The van der Waals surface area contributed by atoms with Gasteiger partial charge in [-0.25, -0.2) is 4.79 Å². The summed E-state index contributed by atoms with van der Waals surface area (Å²) in [5.74, 6) is -0.0548. The third kappa shape index (κ3) is 4.19. The summed E-state index contributed by atoms with van der Waals surface area (Å²) in [4.78, 5) is 25.7. The van der Waals surface area contributed by atoms with Crippen LogP contribution in [0.15, 0.2) is 30.3 Å². The number of anilines is 1. The van der Waals surface area contributed by atoms with Gasteiger partial charge in [-0.05, 0) is 32.3 Å². The van der Waals surface area contributed by atoms with E-state index in [4.69, 9.17) is 0 Å². The first-order valence-electron chi connectivity index (χ1n) is 8.69. The third-order valence-electron chi connectivity index (χ3n) is 4.53. The van der Waals surface area contributed by atoms with E-state index in [1.54, 1.807) is 4.90 Å². The fourth-order valence-electron chi connectivity index (χ4n) is 2.88. The molecule has 0 aliphatic carbocycles. The van der Waals surface area contributed by atoms with Gasteiger partial charge in [0.15, 0.2) is 0 Å². The maximum Gasteiger partial charge on any atom is 0.321 e. The lowest BCUT2D eigenvalue weighted by molar-refractivity contribution is -0.128. The highest BCUT2D eigenvalue weighted by Crippen LogP contribution is 2.34. The topological polar surface area (TPSA) is 87.2 Å². The summed E-state index contributed by atoms with van der Waals surface area (Å²) in [6.07, 6.45) is 2.06. The Balaban J connectivity index is 1.56. The normalized spacial score (nSPS) is 14.3. The number of nitrogens with one attached hydrogen (secondary N) is 2. The van der Waals surface area contributed by atoms with Crippen molar-refractivity contribution in [1.82, 2.24) is 20.4 Å². The fourth-order valence-corrected chi connectivity index (χ4v) is 3.74. The van der Waals surface area contributed by atoms with Crippen LogP contribution in [0.4, 0.5) is 9.93 Å². The van der Waals surface area contributed by atoms with Crippen molar-refractivity contribution in [1.29, 1.82) is 0 Å². The highest BCUT2D eigenvalue weighted by atomic mass is 32.1. The Hall–Kier alpha value is -2.48. The van der Waals surface area contributed by atoms with Crippen molar-refractivity contribution in [3.8, 4) is 0 Å². The molecule has 2 heterocycles. The summed E-state index contributed by atoms with van der Waals surface area (Å²) < 4.78 is 0. The van der Waals surface area contributed by atoms with E-state index >= 15 is 0 Å². The summed E-state index contributed by atoms with van der Waals surface area (Å²) in [5, 5.41) is 14.7. The Kier molecular flexibility index (Phi) is 5.51. The predicted molar refractivity (Wildman–Crippen MR) is 101 cm³/mol. The zero-order chi connectivity index (χ0) is 18.6. The predicted octanol–water partition coefficient (Wildman–Crippen LogP) is 2.61. The lowest BCUT2D eigenvalue weighted by Crippen LogP contribution is -2.40. The Morgan fingerprint density at radius 1 is 1.15 bits per heavy atom. The second-order valence-electron chi connectivity index (χ2n) is 6.80. The summed E-state index contributed by atoms with van der Waals surface area (Å²) in [6, 6.07) is 9.60. The van der Waals surface area contributed by atoms with Gasteiger partial charge in [-0.1, -0.05) is 41.7 Å². The van der Waals surface area contributed by atoms with Crippen LogP contribution < -0.4 is 10.6 Å². The van der Waals surface area contributed by atoms with Crippen LogP contribution in [-0.2, 0) is 10.2 Å². The molecular formula is C18H23N5O2S. The Labute approximate surface area is 156 Å². The number of benzene rings is 1. The molecule has 8 heteroatoms. The van der Waals surface area contributed by atoms with Crippen molar-refractivity contribution in [2.24, 2.45) is 0 Å². The molecule has 7 nitrogen and oxygen atoms in total. The van der Waals surface area contributed by atoms with Gasteiger partial charge in [0.1, 0.15) is 5.01 Å². The number of nitrogens with zero attached hydrogens (tertiary/aromatic N) is 3. The van der Waals surface area contributed by atoms with Crippen LogP contribution in [0.25, 0.3) is 0 Å². The highest BCUT2D eigenvalue weighted by Gasteiger charge is 2.27. The number of rotatable bonds is 5. The van der Waals surface area contributed by atoms with Crippen LogP contribution in [0.3, 0.4) is 0 Å². The van der Waals surface area contributed by atoms with Crippen LogP contribution in [0.5, 0.6) is 0 Å². The van der Waals surface area contributed by atoms with Crippen molar-refractivity contribution in [3.63, 3.8) is 0 Å². The van der Waals surface area contributed by atoms with E-state index in [0.717, 1.165) is 36.5 Å². The first-order valence-corrected chi connectivity index (χ1v) is 9.50. The first-order chi connectivity index (χ1) is 12.5. The first kappa shape index (κ1) is 18.3. The molecule has 1 aliphatic heterocycles. The molecule has 26 heavy (non-hydrogen) atoms. The van der Waals surface area contributed by atoms with Gasteiger partial charge < -0.3 is 10.2 Å². The summed E-state index contributed by atoms with van der Waals surface area (Å²) >= 11 is 1.33. The molecule has 1 aromatic carbocycles. The van der Waals surface area contributed by atoms with Gasteiger partial charge in [0.2, 0.25) is 11.0 Å². The minimum Gasteiger partial charge on any atom is -0.341 e. The minimum absolute atomic E-state index is 0.00694. The van der Waals surface area contributed by atoms with E-state index in [1.807, 2.05) is 30.3 Å². The molecule has 0 spiro atoms. The van der Waals surface area contributed by atoms with E-state index in [0.29, 0.717) is 5.13 Å². The Morgan fingerprint density at radius 3 is 2.54 bits per heavy atom. The molecule has 0 radical (unpaired) electrons. The molecule has 0 atom stereocenters. The molecule has 3 amide bonds. The smallest absolute Gasteiger partial charge is 0.321 e. The van der Waals surface area contributed by atoms with Gasteiger partial charge >= 0.3 is 6.03 Å². The van der Waals surface area contributed by atoms with Crippen LogP contribution in [0.2, 0.25) is 0 Å². The fraction of sp³-hybridized carbons (Fsp3) is 0.444. The number of likely N-dealkylation sites (tertiary alicyclic amines) is 1. The van der Waals surface area contributed by atoms with Crippen molar-refractivity contribution in [2.75, 3.05) is 25.0 Å². The Morgan fingerprint density at radius 2 is 1.85 bits per heavy atom. The summed E-state index contributed by atoms with van der Waals surface area (Å²) in [5.41, 5.74) is 0.824. The molecular weight excluding hydrogens is 350 g/mol. The zero-order valence-corrected chi connectivity index (χ0v) is 15.8. The van der Waals surface area contributed by atoms with E-state index in [1.165, 1.54) is 11.3 Å². The molecule has 3 rings (SSSR count). The number of hydrogen-bond acceptors (Lipinski definition) is 5. The number of urea groups is 1. The lowest BCUT2D eigenvalue weighted by Gasteiger charge is -2.21. The SMILES string of the molecule is CC(C)(c1ccccc1)c1nnc(NC(=O)NCC(=O)N2CCCC2)s1. The number of amides is 3. The summed E-state index contributed by atoms with van der Waals surface area (Å²) in [6.45, 7) is 5.68. The van der Waals surface area contributed by atoms with E-state index in [-0.39, 0.29) is 17.9 Å². The van der Waals surface area contributed by atoms with E-state index in [9.17, 15) is 9.59 Å². The lowest BCUT2D eigenvalue weighted by atomic mass is 9.85. The molecule has 1 saturated heterocycles. The molecule has 0 bridgehead atoms. The van der Waals surface area contributed by atoms with E-state index in [2.05, 4.69) is 34.7 Å². The molecule has 0 saturated carbocycles. The molecule has 138 valence electrons. The van der Waals surface area contributed by atoms with Gasteiger partial charge in [0.05, 0.1) is 6.54 Å². The van der Waals surface area contributed by atoms with Crippen molar-refractivity contribution < 1.29 is 9.59 Å². The quantitative estimate of drug-likeness (QED) is 0.843. The van der Waals surface area contributed by atoms with Crippen molar-refractivity contribution in [2.45, 2.75) is 32.1 Å². The monoisotopic (exact) mass is 373 g/mol. The molecule has 2 aromatic rings. The van der Waals surface area contributed by atoms with Crippen LogP contribution in [0.1, 0.15) is 37.3 Å². The van der Waals surface area contributed by atoms with Crippen LogP contribution >= 0.6 is 11.3 Å². The second-order valence-corrected chi connectivity index (χ2v) is 7.78. The third-order valence-corrected chi connectivity index (χ3v) is 5.70. The largest absolute Gasteiger partial charge is 0.341 e. The molecule has 0 unspecified atom stereocenters. The number of hydrogen-bond donors (Lipinski definition) is 2. The van der Waals surface area contributed by atoms with Crippen LogP contribution in [0, 0.1) is 0 Å². The highest BCUT2D eigenvalue weighted by molar-refractivity contribution is 7.15. The number of carbonyl (C=O) groups excluding carboxylic acids is 2. The average Bonchev–Trinajstić information content (AvgIpc) is 3.32. The van der Waals surface area contributed by atoms with E-state index < -0.39 is 6.03 Å². The van der Waals surface area contributed by atoms with Gasteiger partial charge in [0.25, 0.3) is 0 Å². The van der Waals surface area contributed by atoms with Gasteiger partial charge in [-0.2, -0.15) is 0 Å². The minimum atomic E-state index is -0.447. The average molecular weight is 373 g/mol.